The Morgan fingerprint density at radius 3 is 1.54 bits per heavy atom. The molecule has 19 N–H and O–H groups in total. The number of benzene rings is 2. The smallest absolute Gasteiger partial charge is 0.326 e. The summed E-state index contributed by atoms with van der Waals surface area (Å²) in [5.41, 5.74) is 23.4. The van der Waals surface area contributed by atoms with Gasteiger partial charge in [-0.25, -0.2) is 4.79 Å². The fraction of sp³-hybridized carbons (Fsp3) is 0.488. The fourth-order valence-corrected chi connectivity index (χ4v) is 6.13. The summed E-state index contributed by atoms with van der Waals surface area (Å²) in [6, 6.07) is 3.56. The standard InChI is InChI=1S/C41H61N11O13/c42-17-5-4-9-29(40(64)65)49-38(62)32(22-54)52-35(59)27(10-6-18-46-41(44)45)47-36(60)28(15-16-33(56)57)48-37(61)30(20-23-7-2-1-3-8-23)50-39(63)31(21-53)51-34(58)26(43)19-24-11-13-25(55)14-12-24/h1-3,7-8,11-14,26-32,53-55H,4-6,9-10,15-22,42-43H2,(H,47,60)(H,48,61)(H,49,62)(H,50,63)(H,51,58)(H,52,59)(H,56,57)(H,64,65)(H4,44,45,46)/t26-,27-,28-,29-,30-,31-,32-/m0/s1. The lowest BCUT2D eigenvalue weighted by Crippen LogP contribution is -2.60. The summed E-state index contributed by atoms with van der Waals surface area (Å²) in [5.74, 6) is -9.03. The topological polar surface area (TPSA) is 426 Å². The Bertz CT molecular complexity index is 1920. The Labute approximate surface area is 374 Å². The minimum atomic E-state index is -1.69. The second kappa shape index (κ2) is 28.7. The zero-order chi connectivity index (χ0) is 48.5. The minimum Gasteiger partial charge on any atom is -0.508 e. The highest BCUT2D eigenvalue weighted by Gasteiger charge is 2.34. The normalized spacial score (nSPS) is 14.1. The number of phenols is 1. The molecule has 0 saturated carbocycles. The third-order valence-electron chi connectivity index (χ3n) is 9.70. The first-order valence-electron chi connectivity index (χ1n) is 20.7. The summed E-state index contributed by atoms with van der Waals surface area (Å²) in [4.78, 5) is 108. The molecule has 0 heterocycles. The van der Waals surface area contributed by atoms with Gasteiger partial charge in [0.1, 0.15) is 42.0 Å². The van der Waals surface area contributed by atoms with Crippen LogP contribution in [0.15, 0.2) is 59.6 Å². The molecule has 0 aliphatic heterocycles. The highest BCUT2D eigenvalue weighted by atomic mass is 16.4. The van der Waals surface area contributed by atoms with Gasteiger partial charge in [-0.05, 0) is 74.8 Å². The lowest BCUT2D eigenvalue weighted by atomic mass is 10.0. The minimum absolute atomic E-state index is 0.00346. The van der Waals surface area contributed by atoms with E-state index in [2.05, 4.69) is 36.9 Å². The molecule has 0 aliphatic carbocycles. The number of carboxylic acid groups (broad SMARTS) is 2. The number of aliphatic hydroxyl groups is 2. The molecule has 0 aromatic heterocycles. The van der Waals surface area contributed by atoms with Gasteiger partial charge in [0.05, 0.1) is 19.3 Å². The Kier molecular flexibility index (Phi) is 24.0. The third-order valence-corrected chi connectivity index (χ3v) is 9.70. The summed E-state index contributed by atoms with van der Waals surface area (Å²) in [7, 11) is 0. The maximum absolute atomic E-state index is 14.0. The van der Waals surface area contributed by atoms with Crippen molar-refractivity contribution in [2.75, 3.05) is 26.3 Å². The number of carboxylic acids is 2. The van der Waals surface area contributed by atoms with Crippen LogP contribution < -0.4 is 54.8 Å². The molecule has 24 heteroatoms. The average molecular weight is 916 g/mol. The van der Waals surface area contributed by atoms with Crippen molar-refractivity contribution in [3.63, 3.8) is 0 Å². The number of aromatic hydroxyl groups is 1. The van der Waals surface area contributed by atoms with E-state index in [9.17, 15) is 63.9 Å². The van der Waals surface area contributed by atoms with E-state index in [4.69, 9.17) is 22.9 Å². The Morgan fingerprint density at radius 2 is 1.02 bits per heavy atom. The maximum atomic E-state index is 14.0. The summed E-state index contributed by atoms with van der Waals surface area (Å²) < 4.78 is 0. The number of aliphatic hydroxyl groups excluding tert-OH is 2. The van der Waals surface area contributed by atoms with Crippen molar-refractivity contribution >= 4 is 53.3 Å². The van der Waals surface area contributed by atoms with Crippen molar-refractivity contribution in [2.24, 2.45) is 27.9 Å². The molecule has 6 amide bonds. The monoisotopic (exact) mass is 915 g/mol. The van der Waals surface area contributed by atoms with Crippen LogP contribution in [0.25, 0.3) is 0 Å². The summed E-state index contributed by atoms with van der Waals surface area (Å²) in [5, 5.41) is 62.9. The predicted octanol–water partition coefficient (Wildman–Crippen LogP) is -4.47. The molecule has 0 spiro atoms. The lowest BCUT2D eigenvalue weighted by molar-refractivity contribution is -0.143. The molecule has 0 radical (unpaired) electrons. The summed E-state index contributed by atoms with van der Waals surface area (Å²) >= 11 is 0. The van der Waals surface area contributed by atoms with Gasteiger partial charge in [0.2, 0.25) is 35.4 Å². The number of carbonyl (C=O) groups excluding carboxylic acids is 6. The van der Waals surface area contributed by atoms with Crippen LogP contribution in [0.3, 0.4) is 0 Å². The molecule has 358 valence electrons. The first-order valence-corrected chi connectivity index (χ1v) is 20.7. The van der Waals surface area contributed by atoms with Gasteiger partial charge in [-0.1, -0.05) is 42.5 Å². The van der Waals surface area contributed by atoms with Crippen LogP contribution in [0.4, 0.5) is 0 Å². The molecule has 2 aromatic carbocycles. The summed E-state index contributed by atoms with van der Waals surface area (Å²) in [6.45, 7) is -1.66. The van der Waals surface area contributed by atoms with Gasteiger partial charge in [0, 0.05) is 19.4 Å². The fourth-order valence-electron chi connectivity index (χ4n) is 6.13. The van der Waals surface area contributed by atoms with E-state index in [1.165, 1.54) is 12.1 Å². The lowest BCUT2D eigenvalue weighted by Gasteiger charge is -2.27. The zero-order valence-corrected chi connectivity index (χ0v) is 35.7. The Balaban J connectivity index is 2.35. The van der Waals surface area contributed by atoms with Crippen LogP contribution in [0.1, 0.15) is 56.1 Å². The number of aliphatic imine (C=N–C) groups is 1. The number of hydrogen-bond acceptors (Lipinski definition) is 14. The van der Waals surface area contributed by atoms with Crippen LogP contribution in [-0.4, -0.2) is 147 Å². The van der Waals surface area contributed by atoms with Gasteiger partial charge in [0.15, 0.2) is 5.96 Å². The molecule has 7 atom stereocenters. The molecule has 0 fully saturated rings. The van der Waals surface area contributed by atoms with Crippen LogP contribution in [0, 0.1) is 0 Å². The van der Waals surface area contributed by atoms with E-state index in [0.29, 0.717) is 24.0 Å². The van der Waals surface area contributed by atoms with Crippen LogP contribution >= 0.6 is 0 Å². The third kappa shape index (κ3) is 20.4. The molecule has 2 rings (SSSR count). The number of amides is 6. The Hall–Kier alpha value is -6.89. The number of unbranched alkanes of at least 4 members (excludes halogenated alkanes) is 1. The average Bonchev–Trinajstić information content (AvgIpc) is 3.26. The van der Waals surface area contributed by atoms with Crippen LogP contribution in [0.5, 0.6) is 5.75 Å². The number of nitrogens with zero attached hydrogens (tertiary/aromatic N) is 1. The van der Waals surface area contributed by atoms with Gasteiger partial charge in [-0.15, -0.1) is 0 Å². The highest BCUT2D eigenvalue weighted by Crippen LogP contribution is 2.12. The molecule has 65 heavy (non-hydrogen) atoms. The SMILES string of the molecule is NCCCC[C@H](NC(=O)[C@H](CO)NC(=O)[C@H](CCCN=C(N)N)NC(=O)[C@H](CCC(=O)O)NC(=O)[C@H](Cc1ccccc1)NC(=O)[C@H](CO)NC(=O)[C@@H](N)Cc1ccc(O)cc1)C(=O)O. The quantitative estimate of drug-likeness (QED) is 0.0200. The largest absolute Gasteiger partial charge is 0.508 e. The number of nitrogens with one attached hydrogen (secondary N) is 6. The maximum Gasteiger partial charge on any atom is 0.326 e. The highest BCUT2D eigenvalue weighted by molar-refractivity contribution is 5.97. The van der Waals surface area contributed by atoms with Gasteiger partial charge in [-0.2, -0.15) is 0 Å². The number of phenolic OH excluding ortho intramolecular Hbond substituents is 1. The van der Waals surface area contributed by atoms with Crippen LogP contribution in [-0.2, 0) is 51.2 Å². The molecular formula is C41H61N11O13. The second-order valence-corrected chi connectivity index (χ2v) is 14.9. The molecule has 0 saturated heterocycles. The van der Waals surface area contributed by atoms with Crippen molar-refractivity contribution < 1.29 is 63.9 Å². The molecule has 24 nitrogen and oxygen atoms in total. The van der Waals surface area contributed by atoms with Crippen molar-refractivity contribution in [2.45, 2.75) is 100 Å². The van der Waals surface area contributed by atoms with Crippen molar-refractivity contribution in [1.29, 1.82) is 0 Å². The van der Waals surface area contributed by atoms with E-state index in [0.717, 1.165) is 0 Å². The van der Waals surface area contributed by atoms with Crippen LogP contribution in [0.2, 0.25) is 0 Å². The zero-order valence-electron chi connectivity index (χ0n) is 35.7. The molecule has 2 aromatic rings. The Morgan fingerprint density at radius 1 is 0.554 bits per heavy atom. The predicted molar refractivity (Wildman–Crippen MR) is 233 cm³/mol. The van der Waals surface area contributed by atoms with Gasteiger partial charge in [-0.3, -0.25) is 38.6 Å². The number of carbonyl (C=O) groups is 8. The summed E-state index contributed by atoms with van der Waals surface area (Å²) in [6.07, 6.45) is -0.713. The second-order valence-electron chi connectivity index (χ2n) is 14.9. The molecule has 0 bridgehead atoms. The van der Waals surface area contributed by atoms with E-state index in [1.54, 1.807) is 42.5 Å². The number of rotatable bonds is 30. The van der Waals surface area contributed by atoms with Crippen molar-refractivity contribution in [3.05, 3.63) is 65.7 Å². The molecular weight excluding hydrogens is 855 g/mol. The van der Waals surface area contributed by atoms with Crippen molar-refractivity contribution in [3.8, 4) is 5.75 Å². The van der Waals surface area contributed by atoms with Crippen molar-refractivity contribution in [1.82, 2.24) is 31.9 Å². The van der Waals surface area contributed by atoms with Gasteiger partial charge >= 0.3 is 11.9 Å². The van der Waals surface area contributed by atoms with E-state index in [-0.39, 0.29) is 56.9 Å². The molecule has 0 unspecified atom stereocenters. The first-order chi connectivity index (χ1) is 30.9. The molecule has 0 aliphatic rings. The van der Waals surface area contributed by atoms with E-state index >= 15 is 0 Å². The number of aliphatic carboxylic acids is 2. The number of hydrogen-bond donors (Lipinski definition) is 15. The number of guanidine groups is 1. The van der Waals surface area contributed by atoms with Gasteiger partial charge < -0.3 is 80.4 Å². The van der Waals surface area contributed by atoms with E-state index < -0.39 is 116 Å². The van der Waals surface area contributed by atoms with E-state index in [1.807, 2.05) is 0 Å². The first kappa shape index (κ1) is 54.2. The number of nitrogens with two attached hydrogens (primary N) is 4. The van der Waals surface area contributed by atoms with Gasteiger partial charge in [0.25, 0.3) is 0 Å².